The Morgan fingerprint density at radius 1 is 1.07 bits per heavy atom. The van der Waals surface area contributed by atoms with Gasteiger partial charge < -0.3 is 10.1 Å². The quantitative estimate of drug-likeness (QED) is 0.679. The van der Waals surface area contributed by atoms with Gasteiger partial charge in [-0.25, -0.2) is 0 Å². The smallest absolute Gasteiger partial charge is 0.120 e. The minimum atomic E-state index is 0.708. The molecule has 29 heavy (non-hydrogen) atoms. The summed E-state index contributed by atoms with van der Waals surface area (Å²) in [5.74, 6) is 1.65. The minimum Gasteiger partial charge on any atom is -0.492 e. The van der Waals surface area contributed by atoms with Gasteiger partial charge in [0, 0.05) is 30.4 Å². The van der Waals surface area contributed by atoms with Crippen LogP contribution >= 0.6 is 0 Å². The van der Waals surface area contributed by atoms with E-state index in [2.05, 4.69) is 57.7 Å². The van der Waals surface area contributed by atoms with E-state index in [9.17, 15) is 0 Å². The molecule has 0 unspecified atom stereocenters. The van der Waals surface area contributed by atoms with Crippen molar-refractivity contribution in [3.63, 3.8) is 0 Å². The van der Waals surface area contributed by atoms with Crippen LogP contribution in [0.3, 0.4) is 0 Å². The first-order chi connectivity index (χ1) is 14.4. The Balaban J connectivity index is 1.17. The Morgan fingerprint density at radius 2 is 1.93 bits per heavy atom. The van der Waals surface area contributed by atoms with Crippen LogP contribution in [0.2, 0.25) is 0 Å². The maximum atomic E-state index is 6.12. The summed E-state index contributed by atoms with van der Waals surface area (Å²) in [6.45, 7) is 5.07. The molecule has 2 aromatic carbocycles. The Kier molecular flexibility index (Phi) is 5.35. The van der Waals surface area contributed by atoms with Gasteiger partial charge in [0.05, 0.1) is 5.52 Å². The number of pyridine rings is 1. The van der Waals surface area contributed by atoms with Gasteiger partial charge in [-0.3, -0.25) is 9.88 Å². The molecule has 2 aliphatic heterocycles. The number of aromatic nitrogens is 1. The highest BCUT2D eigenvalue weighted by atomic mass is 16.5. The summed E-state index contributed by atoms with van der Waals surface area (Å²) in [6, 6.07) is 17.2. The first-order valence-electron chi connectivity index (χ1n) is 10.9. The number of fused-ring (bicyclic) bond motifs is 3. The number of rotatable bonds is 5. The lowest BCUT2D eigenvalue weighted by Gasteiger charge is -2.32. The topological polar surface area (TPSA) is 37.4 Å². The van der Waals surface area contributed by atoms with E-state index in [4.69, 9.17) is 4.74 Å². The van der Waals surface area contributed by atoms with Gasteiger partial charge in [0.15, 0.2) is 0 Å². The molecule has 0 radical (unpaired) electrons. The lowest BCUT2D eigenvalue weighted by atomic mass is 9.89. The molecule has 1 fully saturated rings. The molecule has 0 amide bonds. The van der Waals surface area contributed by atoms with Gasteiger partial charge in [0.25, 0.3) is 0 Å². The number of nitrogens with one attached hydrogen (secondary N) is 1. The van der Waals surface area contributed by atoms with E-state index in [1.807, 2.05) is 12.3 Å². The van der Waals surface area contributed by atoms with Crippen molar-refractivity contribution in [1.29, 1.82) is 0 Å². The SMILES string of the molecule is c1ccc(C2CCN(CCOc3ccc4ncc5c(c4c3)NCCC5)CC2)cc1. The second-order valence-corrected chi connectivity index (χ2v) is 8.24. The van der Waals surface area contributed by atoms with Gasteiger partial charge in [-0.05, 0) is 74.0 Å². The fourth-order valence-electron chi connectivity index (χ4n) is 4.70. The van der Waals surface area contributed by atoms with Crippen molar-refractivity contribution in [2.75, 3.05) is 38.1 Å². The maximum absolute atomic E-state index is 6.12. The summed E-state index contributed by atoms with van der Waals surface area (Å²) in [5, 5.41) is 4.74. The number of likely N-dealkylation sites (tertiary alicyclic amines) is 1. The van der Waals surface area contributed by atoms with Crippen LogP contribution < -0.4 is 10.1 Å². The average Bonchev–Trinajstić information content (AvgIpc) is 2.80. The summed E-state index contributed by atoms with van der Waals surface area (Å²) in [5.41, 5.74) is 5.09. The highest BCUT2D eigenvalue weighted by Crippen LogP contribution is 2.32. The van der Waals surface area contributed by atoms with Crippen molar-refractivity contribution >= 4 is 16.6 Å². The normalized spacial score (nSPS) is 17.7. The Morgan fingerprint density at radius 3 is 2.79 bits per heavy atom. The maximum Gasteiger partial charge on any atom is 0.120 e. The number of anilines is 1. The Bertz CT molecular complexity index is 964. The number of ether oxygens (including phenoxy) is 1. The number of aryl methyl sites for hydroxylation is 1. The standard InChI is InChI=1S/C25H29N3O/c1-2-5-19(6-3-1)20-10-13-28(14-11-20)15-16-29-22-8-9-24-23(17-22)25-21(18-27-24)7-4-12-26-25/h1-3,5-6,8-9,17-18,20,26H,4,7,10-16H2. The first-order valence-corrected chi connectivity index (χ1v) is 10.9. The van der Waals surface area contributed by atoms with Crippen LogP contribution in [-0.2, 0) is 6.42 Å². The lowest BCUT2D eigenvalue weighted by Crippen LogP contribution is -2.35. The molecule has 0 bridgehead atoms. The van der Waals surface area contributed by atoms with Crippen molar-refractivity contribution in [3.8, 4) is 5.75 Å². The third-order valence-corrected chi connectivity index (χ3v) is 6.38. The third kappa shape index (κ3) is 4.08. The largest absolute Gasteiger partial charge is 0.492 e. The van der Waals surface area contributed by atoms with Crippen LogP contribution in [0.15, 0.2) is 54.7 Å². The average molecular weight is 388 g/mol. The second kappa shape index (κ2) is 8.42. The van der Waals surface area contributed by atoms with Crippen molar-refractivity contribution in [3.05, 3.63) is 65.9 Å². The van der Waals surface area contributed by atoms with Crippen LogP contribution in [0.4, 0.5) is 5.69 Å². The van der Waals surface area contributed by atoms with Gasteiger partial charge in [-0.2, -0.15) is 0 Å². The zero-order valence-electron chi connectivity index (χ0n) is 16.9. The van der Waals surface area contributed by atoms with Crippen molar-refractivity contribution in [1.82, 2.24) is 9.88 Å². The third-order valence-electron chi connectivity index (χ3n) is 6.38. The minimum absolute atomic E-state index is 0.708. The van der Waals surface area contributed by atoms with E-state index < -0.39 is 0 Å². The Labute approximate surface area is 172 Å². The number of benzene rings is 2. The highest BCUT2D eigenvalue weighted by Gasteiger charge is 2.20. The summed E-state index contributed by atoms with van der Waals surface area (Å²) >= 11 is 0. The summed E-state index contributed by atoms with van der Waals surface area (Å²) in [6.07, 6.45) is 6.78. The van der Waals surface area contributed by atoms with E-state index in [-0.39, 0.29) is 0 Å². The fourth-order valence-corrected chi connectivity index (χ4v) is 4.70. The molecule has 5 rings (SSSR count). The van der Waals surface area contributed by atoms with Crippen molar-refractivity contribution in [2.24, 2.45) is 0 Å². The number of nitrogens with zero attached hydrogens (tertiary/aromatic N) is 2. The van der Waals surface area contributed by atoms with Crippen LogP contribution in [-0.4, -0.2) is 42.7 Å². The second-order valence-electron chi connectivity index (χ2n) is 8.24. The molecule has 1 N–H and O–H groups in total. The zero-order chi connectivity index (χ0) is 19.5. The fraction of sp³-hybridized carbons (Fsp3) is 0.400. The Hall–Kier alpha value is -2.59. The predicted octanol–water partition coefficient (Wildman–Crippen LogP) is 4.85. The van der Waals surface area contributed by atoms with Gasteiger partial charge in [-0.15, -0.1) is 0 Å². The lowest BCUT2D eigenvalue weighted by molar-refractivity contribution is 0.173. The monoisotopic (exact) mass is 387 g/mol. The molecular weight excluding hydrogens is 358 g/mol. The molecule has 0 aliphatic carbocycles. The van der Waals surface area contributed by atoms with Crippen LogP contribution in [0.5, 0.6) is 5.75 Å². The van der Waals surface area contributed by atoms with Gasteiger partial charge in [0.2, 0.25) is 0 Å². The van der Waals surface area contributed by atoms with E-state index in [1.54, 1.807) is 0 Å². The number of hydrogen-bond acceptors (Lipinski definition) is 4. The van der Waals surface area contributed by atoms with Crippen LogP contribution in [0.1, 0.15) is 36.3 Å². The van der Waals surface area contributed by atoms with Crippen LogP contribution in [0.25, 0.3) is 10.9 Å². The molecular formula is C25H29N3O. The van der Waals surface area contributed by atoms with Gasteiger partial charge in [0.1, 0.15) is 12.4 Å². The molecule has 1 saturated heterocycles. The van der Waals surface area contributed by atoms with Crippen molar-refractivity contribution < 1.29 is 4.74 Å². The molecule has 3 aromatic rings. The van der Waals surface area contributed by atoms with Crippen LogP contribution in [0, 0.1) is 0 Å². The van der Waals surface area contributed by atoms with Gasteiger partial charge >= 0.3 is 0 Å². The van der Waals surface area contributed by atoms with E-state index in [1.165, 1.54) is 41.5 Å². The summed E-state index contributed by atoms with van der Waals surface area (Å²) < 4.78 is 6.12. The molecule has 2 aliphatic rings. The highest BCUT2D eigenvalue weighted by molar-refractivity contribution is 5.94. The zero-order valence-corrected chi connectivity index (χ0v) is 16.9. The number of piperidine rings is 1. The van der Waals surface area contributed by atoms with E-state index in [0.29, 0.717) is 5.92 Å². The molecule has 4 heteroatoms. The summed E-state index contributed by atoms with van der Waals surface area (Å²) in [4.78, 5) is 7.15. The summed E-state index contributed by atoms with van der Waals surface area (Å²) in [7, 11) is 0. The van der Waals surface area contributed by atoms with Crippen molar-refractivity contribution in [2.45, 2.75) is 31.6 Å². The molecule has 3 heterocycles. The van der Waals surface area contributed by atoms with E-state index in [0.717, 1.165) is 50.5 Å². The molecule has 0 spiro atoms. The molecule has 150 valence electrons. The molecule has 0 atom stereocenters. The predicted molar refractivity (Wildman–Crippen MR) is 119 cm³/mol. The van der Waals surface area contributed by atoms with E-state index >= 15 is 0 Å². The first kappa shape index (κ1) is 18.4. The molecule has 4 nitrogen and oxygen atoms in total. The van der Waals surface area contributed by atoms with Gasteiger partial charge in [-0.1, -0.05) is 30.3 Å². The molecule has 1 aromatic heterocycles. The molecule has 0 saturated carbocycles. The number of hydrogen-bond donors (Lipinski definition) is 1.